The molecular weight excluding hydrogens is 532 g/mol. The minimum absolute atomic E-state index is 0. The molecule has 0 saturated carbocycles. The van der Waals surface area contributed by atoms with Gasteiger partial charge in [0.15, 0.2) is 15.8 Å². The molecule has 0 heterocycles. The Bertz CT molecular complexity index is 968. The number of halogens is 2. The third-order valence-corrected chi connectivity index (χ3v) is 5.17. The molecule has 0 unspecified atom stereocenters. The number of hydrogen-bond acceptors (Lipinski definition) is 4. The van der Waals surface area contributed by atoms with Gasteiger partial charge < -0.3 is 15.4 Å². The van der Waals surface area contributed by atoms with Crippen molar-refractivity contribution < 1.29 is 17.5 Å². The molecule has 0 radical (unpaired) electrons. The summed E-state index contributed by atoms with van der Waals surface area (Å²) >= 11 is 0. The monoisotopic (exact) mass is 563 g/mol. The number of guanidine groups is 1. The van der Waals surface area contributed by atoms with Crippen LogP contribution in [0.25, 0.3) is 0 Å². The molecule has 0 amide bonds. The smallest absolute Gasteiger partial charge is 0.191 e. The van der Waals surface area contributed by atoms with E-state index in [0.717, 1.165) is 30.4 Å². The first kappa shape index (κ1) is 27.2. The molecule has 9 heteroatoms. The Kier molecular flexibility index (Phi) is 11.8. The predicted molar refractivity (Wildman–Crippen MR) is 134 cm³/mol. The first-order valence-electron chi connectivity index (χ1n) is 9.92. The molecule has 6 nitrogen and oxygen atoms in total. The lowest BCUT2D eigenvalue weighted by Crippen LogP contribution is -2.38. The minimum Gasteiger partial charge on any atom is -0.494 e. The van der Waals surface area contributed by atoms with Crippen molar-refractivity contribution in [2.75, 3.05) is 26.5 Å². The zero-order valence-electron chi connectivity index (χ0n) is 18.2. The van der Waals surface area contributed by atoms with Crippen LogP contribution in [0, 0.1) is 5.82 Å². The Balaban J connectivity index is 0.00000480. The van der Waals surface area contributed by atoms with Crippen molar-refractivity contribution in [2.45, 2.75) is 32.1 Å². The second-order valence-corrected chi connectivity index (χ2v) is 9.22. The molecule has 0 aliphatic carbocycles. The first-order valence-corrected chi connectivity index (χ1v) is 12.0. The van der Waals surface area contributed by atoms with Gasteiger partial charge in [-0.1, -0.05) is 25.1 Å². The fourth-order valence-electron chi connectivity index (χ4n) is 2.92. The number of hydrogen-bond donors (Lipinski definition) is 2. The quantitative estimate of drug-likeness (QED) is 0.262. The molecule has 2 aromatic carbocycles. The second-order valence-electron chi connectivity index (χ2n) is 7.08. The van der Waals surface area contributed by atoms with Crippen LogP contribution in [0.2, 0.25) is 0 Å². The average Bonchev–Trinajstić information content (AvgIpc) is 2.70. The lowest BCUT2D eigenvalue weighted by molar-refractivity contribution is 0.317. The van der Waals surface area contributed by atoms with Gasteiger partial charge in [0.25, 0.3) is 0 Å². The van der Waals surface area contributed by atoms with Gasteiger partial charge in [-0.2, -0.15) is 0 Å². The molecule has 0 saturated heterocycles. The summed E-state index contributed by atoms with van der Waals surface area (Å²) in [5.41, 5.74) is 2.31. The van der Waals surface area contributed by atoms with Crippen LogP contribution < -0.4 is 15.4 Å². The summed E-state index contributed by atoms with van der Waals surface area (Å²) in [5.74, 6) is 0.883. The van der Waals surface area contributed by atoms with Gasteiger partial charge in [-0.25, -0.2) is 12.8 Å². The van der Waals surface area contributed by atoms with Crippen LogP contribution in [-0.2, 0) is 28.6 Å². The maximum absolute atomic E-state index is 13.7. The van der Waals surface area contributed by atoms with E-state index in [0.29, 0.717) is 30.2 Å². The van der Waals surface area contributed by atoms with Crippen molar-refractivity contribution in [3.05, 3.63) is 65.0 Å². The topological polar surface area (TPSA) is 79.8 Å². The van der Waals surface area contributed by atoms with E-state index in [1.165, 1.54) is 18.2 Å². The number of sulfone groups is 1. The maximum atomic E-state index is 13.7. The number of rotatable bonds is 10. The normalized spacial score (nSPS) is 11.5. The van der Waals surface area contributed by atoms with Crippen molar-refractivity contribution in [3.8, 4) is 5.75 Å². The van der Waals surface area contributed by atoms with Gasteiger partial charge in [0, 0.05) is 26.4 Å². The van der Waals surface area contributed by atoms with Gasteiger partial charge in [0.05, 0.1) is 12.4 Å². The lowest BCUT2D eigenvalue weighted by Gasteiger charge is -2.14. The van der Waals surface area contributed by atoms with Gasteiger partial charge in [-0.3, -0.25) is 4.99 Å². The number of ether oxygens (including phenoxy) is 1. The third kappa shape index (κ3) is 10.3. The maximum Gasteiger partial charge on any atom is 0.191 e. The van der Waals surface area contributed by atoms with Gasteiger partial charge in [0.2, 0.25) is 0 Å². The Morgan fingerprint density at radius 1 is 1.13 bits per heavy atom. The van der Waals surface area contributed by atoms with Crippen molar-refractivity contribution in [2.24, 2.45) is 4.99 Å². The molecule has 172 valence electrons. The molecular formula is C22H31FIN3O3S. The standard InChI is InChI=1S/C22H30FN3O3S.HI/c1-4-12-29-21-7-5-6-17(13-21)10-11-25-22(24-2)26-15-19-14-20(23)9-8-18(19)16-30(3,27)28;/h5-9,13-14H,4,10-12,15-16H2,1-3H3,(H2,24,25,26);1H. The molecule has 2 rings (SSSR count). The fraction of sp³-hybridized carbons (Fsp3) is 0.409. The predicted octanol–water partition coefficient (Wildman–Crippen LogP) is 3.68. The lowest BCUT2D eigenvalue weighted by atomic mass is 10.1. The SMILES string of the molecule is CCCOc1cccc(CCNC(=NC)NCc2cc(F)ccc2CS(C)(=O)=O)c1.I. The molecule has 0 atom stereocenters. The van der Waals surface area contributed by atoms with Crippen LogP contribution in [-0.4, -0.2) is 40.8 Å². The highest BCUT2D eigenvalue weighted by Gasteiger charge is 2.11. The van der Waals surface area contributed by atoms with Gasteiger partial charge >= 0.3 is 0 Å². The highest BCUT2D eigenvalue weighted by Crippen LogP contribution is 2.15. The molecule has 0 aliphatic rings. The van der Waals surface area contributed by atoms with Gasteiger partial charge in [-0.05, 0) is 53.8 Å². The zero-order valence-corrected chi connectivity index (χ0v) is 21.3. The van der Waals surface area contributed by atoms with Crippen LogP contribution in [0.1, 0.15) is 30.0 Å². The van der Waals surface area contributed by atoms with E-state index in [9.17, 15) is 12.8 Å². The first-order chi connectivity index (χ1) is 14.3. The summed E-state index contributed by atoms with van der Waals surface area (Å²) in [6.07, 6.45) is 2.91. The number of nitrogens with one attached hydrogen (secondary N) is 2. The van der Waals surface area contributed by atoms with Crippen LogP contribution in [0.15, 0.2) is 47.5 Å². The number of aliphatic imine (C=N–C) groups is 1. The van der Waals surface area contributed by atoms with E-state index in [-0.39, 0.29) is 36.3 Å². The molecule has 0 spiro atoms. The summed E-state index contributed by atoms with van der Waals surface area (Å²) < 4.78 is 42.6. The van der Waals surface area contributed by atoms with Crippen LogP contribution in [0.4, 0.5) is 4.39 Å². The van der Waals surface area contributed by atoms with E-state index < -0.39 is 15.7 Å². The Labute approximate surface area is 201 Å². The van der Waals surface area contributed by atoms with Crippen LogP contribution in [0.3, 0.4) is 0 Å². The van der Waals surface area contributed by atoms with E-state index in [1.54, 1.807) is 7.05 Å². The molecule has 2 aromatic rings. The van der Waals surface area contributed by atoms with Crippen molar-refractivity contribution in [1.82, 2.24) is 10.6 Å². The Morgan fingerprint density at radius 3 is 2.58 bits per heavy atom. The van der Waals surface area contributed by atoms with Gasteiger partial charge in [-0.15, -0.1) is 24.0 Å². The summed E-state index contributed by atoms with van der Waals surface area (Å²) in [5, 5.41) is 6.34. The van der Waals surface area contributed by atoms with Crippen LogP contribution >= 0.6 is 24.0 Å². The molecule has 0 bridgehead atoms. The van der Waals surface area contributed by atoms with Crippen molar-refractivity contribution in [3.63, 3.8) is 0 Å². The van der Waals surface area contributed by atoms with Crippen molar-refractivity contribution in [1.29, 1.82) is 0 Å². The second kappa shape index (κ2) is 13.5. The third-order valence-electron chi connectivity index (χ3n) is 4.33. The highest BCUT2D eigenvalue weighted by molar-refractivity contribution is 14.0. The zero-order chi connectivity index (χ0) is 22.0. The summed E-state index contributed by atoms with van der Waals surface area (Å²) in [7, 11) is -1.57. The number of nitrogens with zero attached hydrogens (tertiary/aromatic N) is 1. The average molecular weight is 563 g/mol. The van der Waals surface area contributed by atoms with E-state index >= 15 is 0 Å². The summed E-state index contributed by atoms with van der Waals surface area (Å²) in [6, 6.07) is 12.1. The molecule has 0 fully saturated rings. The Hall–Kier alpha value is -1.88. The van der Waals surface area contributed by atoms with Gasteiger partial charge in [0.1, 0.15) is 11.6 Å². The fourth-order valence-corrected chi connectivity index (χ4v) is 3.76. The summed E-state index contributed by atoms with van der Waals surface area (Å²) in [6.45, 7) is 3.68. The van der Waals surface area contributed by atoms with Crippen LogP contribution in [0.5, 0.6) is 5.75 Å². The molecule has 0 aliphatic heterocycles. The molecule has 0 aromatic heterocycles. The Morgan fingerprint density at radius 2 is 1.90 bits per heavy atom. The number of benzene rings is 2. The van der Waals surface area contributed by atoms with E-state index in [2.05, 4.69) is 22.5 Å². The van der Waals surface area contributed by atoms with E-state index in [4.69, 9.17) is 4.74 Å². The summed E-state index contributed by atoms with van der Waals surface area (Å²) in [4.78, 5) is 4.18. The highest BCUT2D eigenvalue weighted by atomic mass is 127. The largest absolute Gasteiger partial charge is 0.494 e. The molecule has 31 heavy (non-hydrogen) atoms. The molecule has 2 N–H and O–H groups in total. The van der Waals surface area contributed by atoms with E-state index in [1.807, 2.05) is 24.3 Å². The minimum atomic E-state index is -3.22. The van der Waals surface area contributed by atoms with Crippen molar-refractivity contribution >= 4 is 39.8 Å².